The van der Waals surface area contributed by atoms with Gasteiger partial charge in [-0.2, -0.15) is 0 Å². The lowest BCUT2D eigenvalue weighted by atomic mass is 10.7. The van der Waals surface area contributed by atoms with Crippen molar-refractivity contribution in [3.8, 4) is 0 Å². The Balaban J connectivity index is 0. The molecule has 0 unspecified atom stereocenters. The molecule has 5 heteroatoms. The summed E-state index contributed by atoms with van der Waals surface area (Å²) in [6.45, 7) is 5.68. The molecular weight excluding hydrogens is 201 g/mol. The summed E-state index contributed by atoms with van der Waals surface area (Å²) in [6, 6.07) is 0. The summed E-state index contributed by atoms with van der Waals surface area (Å²) in [5, 5.41) is 0.194. The molecule has 2 N–H and O–H groups in total. The predicted octanol–water partition coefficient (Wildman–Crippen LogP) is 1.54. The van der Waals surface area contributed by atoms with Crippen molar-refractivity contribution in [2.24, 2.45) is 5.73 Å². The van der Waals surface area contributed by atoms with Crippen LogP contribution in [0.15, 0.2) is 12.8 Å². The molecule has 0 heterocycles. The smallest absolute Gasteiger partial charge is 0.111 e. The maximum absolute atomic E-state index is 5.16. The van der Waals surface area contributed by atoms with Crippen molar-refractivity contribution in [3.63, 3.8) is 0 Å². The molecule has 0 atom stereocenters. The summed E-state index contributed by atoms with van der Waals surface area (Å²) in [5.41, 5.74) is 5.16. The fourth-order valence-corrected chi connectivity index (χ4v) is 0.376. The Labute approximate surface area is 83.4 Å². The van der Waals surface area contributed by atoms with Crippen LogP contribution >= 0.6 is 23.2 Å². The van der Waals surface area contributed by atoms with Crippen LogP contribution in [0.3, 0.4) is 0 Å². The first-order valence-corrected chi connectivity index (χ1v) is 4.52. The Bertz CT molecular complexity index is 83.8. The quantitative estimate of drug-likeness (QED) is 0.416. The number of hydrogen-bond donors (Lipinski definition) is 1. The van der Waals surface area contributed by atoms with Gasteiger partial charge in [0.05, 0.1) is 24.8 Å². The number of hydrogen-bond acceptors (Lipinski definition) is 3. The molecule has 0 rings (SSSR count). The van der Waals surface area contributed by atoms with E-state index in [0.717, 1.165) is 0 Å². The molecule has 0 aliphatic carbocycles. The first-order valence-electron chi connectivity index (χ1n) is 3.45. The van der Waals surface area contributed by atoms with Crippen LogP contribution in [0.2, 0.25) is 0 Å². The third-order valence-electron chi connectivity index (χ3n) is 0.726. The van der Waals surface area contributed by atoms with Gasteiger partial charge in [0.15, 0.2) is 0 Å². The van der Waals surface area contributed by atoms with Crippen LogP contribution in [-0.2, 0) is 9.47 Å². The maximum atomic E-state index is 5.16. The van der Waals surface area contributed by atoms with Crippen molar-refractivity contribution >= 4 is 23.2 Å². The average molecular weight is 216 g/mol. The summed E-state index contributed by atoms with van der Waals surface area (Å²) in [5.74, 6) is 0. The molecule has 0 amide bonds. The molecule has 0 radical (unpaired) electrons. The molecule has 0 aliphatic rings. The highest BCUT2D eigenvalue weighted by molar-refractivity contribution is 6.40. The fraction of sp³-hybridized carbons (Fsp3) is 0.714. The topological polar surface area (TPSA) is 44.5 Å². The molecule has 0 aliphatic heterocycles. The number of alkyl halides is 2. The summed E-state index contributed by atoms with van der Waals surface area (Å²) in [4.78, 5) is 0. The SMILES string of the molecule is C=COCCOCCN.ClCCl. The minimum absolute atomic E-state index is 0.194. The molecule has 0 fully saturated rings. The van der Waals surface area contributed by atoms with Gasteiger partial charge in [-0.3, -0.25) is 0 Å². The van der Waals surface area contributed by atoms with Crippen molar-refractivity contribution in [2.75, 3.05) is 31.7 Å². The van der Waals surface area contributed by atoms with E-state index in [2.05, 4.69) is 6.58 Å². The van der Waals surface area contributed by atoms with Gasteiger partial charge in [0.2, 0.25) is 0 Å². The van der Waals surface area contributed by atoms with Gasteiger partial charge < -0.3 is 15.2 Å². The van der Waals surface area contributed by atoms with Crippen LogP contribution in [0.1, 0.15) is 0 Å². The largest absolute Gasteiger partial charge is 0.499 e. The van der Waals surface area contributed by atoms with Gasteiger partial charge in [-0.15, -0.1) is 23.2 Å². The predicted molar refractivity (Wildman–Crippen MR) is 52.6 cm³/mol. The van der Waals surface area contributed by atoms with E-state index in [1.54, 1.807) is 0 Å². The van der Waals surface area contributed by atoms with Gasteiger partial charge in [0, 0.05) is 6.54 Å². The zero-order valence-electron chi connectivity index (χ0n) is 6.97. The first kappa shape index (κ1) is 14.6. The zero-order valence-corrected chi connectivity index (χ0v) is 8.48. The number of halogens is 2. The van der Waals surface area contributed by atoms with Crippen LogP contribution in [-0.4, -0.2) is 31.7 Å². The second-order valence-corrected chi connectivity index (χ2v) is 2.35. The molecule has 0 aromatic heterocycles. The van der Waals surface area contributed by atoms with E-state index in [4.69, 9.17) is 38.4 Å². The van der Waals surface area contributed by atoms with Crippen molar-refractivity contribution in [1.82, 2.24) is 0 Å². The van der Waals surface area contributed by atoms with Crippen LogP contribution in [0.5, 0.6) is 0 Å². The molecule has 0 aromatic rings. The zero-order chi connectivity index (χ0) is 9.66. The standard InChI is InChI=1S/C6H13NO2.CH2Cl2/c1-2-8-5-6-9-4-3-7;2-1-3/h2H,1,3-7H2;1H2. The van der Waals surface area contributed by atoms with Crippen molar-refractivity contribution in [1.29, 1.82) is 0 Å². The van der Waals surface area contributed by atoms with Crippen LogP contribution < -0.4 is 5.73 Å². The molecule has 0 saturated heterocycles. The van der Waals surface area contributed by atoms with Gasteiger partial charge in [0.1, 0.15) is 6.61 Å². The highest BCUT2D eigenvalue weighted by Gasteiger charge is 1.82. The molecule has 12 heavy (non-hydrogen) atoms. The second-order valence-electron chi connectivity index (χ2n) is 1.54. The van der Waals surface area contributed by atoms with Gasteiger partial charge >= 0.3 is 0 Å². The highest BCUT2D eigenvalue weighted by atomic mass is 35.5. The highest BCUT2D eigenvalue weighted by Crippen LogP contribution is 1.75. The lowest BCUT2D eigenvalue weighted by Crippen LogP contribution is -2.10. The van der Waals surface area contributed by atoms with Gasteiger partial charge in [0.25, 0.3) is 0 Å². The van der Waals surface area contributed by atoms with E-state index in [9.17, 15) is 0 Å². The normalized spacial score (nSPS) is 8.25. The number of nitrogens with two attached hydrogens (primary N) is 1. The van der Waals surface area contributed by atoms with E-state index in [-0.39, 0.29) is 5.34 Å². The Morgan fingerprint density at radius 2 is 1.83 bits per heavy atom. The maximum Gasteiger partial charge on any atom is 0.111 e. The van der Waals surface area contributed by atoms with Crippen LogP contribution in [0.25, 0.3) is 0 Å². The summed E-state index contributed by atoms with van der Waals surface area (Å²) < 4.78 is 9.77. The fourth-order valence-electron chi connectivity index (χ4n) is 0.376. The third kappa shape index (κ3) is 22.5. The molecule has 0 spiro atoms. The van der Waals surface area contributed by atoms with Crippen LogP contribution in [0, 0.1) is 0 Å². The van der Waals surface area contributed by atoms with Crippen molar-refractivity contribution in [2.45, 2.75) is 0 Å². The summed E-state index contributed by atoms with van der Waals surface area (Å²) in [7, 11) is 0. The minimum Gasteiger partial charge on any atom is -0.499 e. The minimum atomic E-state index is 0.194. The van der Waals surface area contributed by atoms with E-state index in [1.807, 2.05) is 0 Å². The Kier molecular flexibility index (Phi) is 20.9. The van der Waals surface area contributed by atoms with Crippen LogP contribution in [0.4, 0.5) is 0 Å². The summed E-state index contributed by atoms with van der Waals surface area (Å²) in [6.07, 6.45) is 1.39. The number of rotatable bonds is 6. The first-order chi connectivity index (χ1) is 5.83. The van der Waals surface area contributed by atoms with Gasteiger partial charge in [-0.1, -0.05) is 6.58 Å². The Hall–Kier alpha value is 0.0400. The van der Waals surface area contributed by atoms with Gasteiger partial charge in [-0.05, 0) is 0 Å². The van der Waals surface area contributed by atoms with E-state index in [1.165, 1.54) is 6.26 Å². The lowest BCUT2D eigenvalue weighted by molar-refractivity contribution is 0.0899. The van der Waals surface area contributed by atoms with E-state index < -0.39 is 0 Å². The summed E-state index contributed by atoms with van der Waals surface area (Å²) >= 11 is 9.53. The Morgan fingerprint density at radius 3 is 2.25 bits per heavy atom. The van der Waals surface area contributed by atoms with Crippen molar-refractivity contribution < 1.29 is 9.47 Å². The molecule has 3 nitrogen and oxygen atoms in total. The number of ether oxygens (including phenoxy) is 2. The molecule has 0 bridgehead atoms. The third-order valence-corrected chi connectivity index (χ3v) is 0.726. The van der Waals surface area contributed by atoms with Gasteiger partial charge in [-0.25, -0.2) is 0 Å². The molecule has 0 saturated carbocycles. The lowest BCUT2D eigenvalue weighted by Gasteiger charge is -2.00. The monoisotopic (exact) mass is 215 g/mol. The van der Waals surface area contributed by atoms with Crippen molar-refractivity contribution in [3.05, 3.63) is 12.8 Å². The average Bonchev–Trinajstić information content (AvgIpc) is 2.06. The second kappa shape index (κ2) is 17.2. The molecular formula is C7H15Cl2NO2. The Morgan fingerprint density at radius 1 is 1.25 bits per heavy atom. The van der Waals surface area contributed by atoms with E-state index in [0.29, 0.717) is 26.4 Å². The molecule has 74 valence electrons. The van der Waals surface area contributed by atoms with E-state index >= 15 is 0 Å². The molecule has 0 aromatic carbocycles.